The van der Waals surface area contributed by atoms with Crippen LogP contribution < -0.4 is 4.90 Å². The smallest absolute Gasteiger partial charge is 0.171 e. The van der Waals surface area contributed by atoms with Crippen LogP contribution >= 0.6 is 0 Å². The van der Waals surface area contributed by atoms with E-state index in [4.69, 9.17) is 4.84 Å². The predicted octanol–water partition coefficient (Wildman–Crippen LogP) is 4.37. The highest BCUT2D eigenvalue weighted by Crippen LogP contribution is 2.32. The van der Waals surface area contributed by atoms with E-state index in [0.29, 0.717) is 6.61 Å². The van der Waals surface area contributed by atoms with Gasteiger partial charge in [0.25, 0.3) is 0 Å². The van der Waals surface area contributed by atoms with E-state index < -0.39 is 0 Å². The first-order chi connectivity index (χ1) is 15.6. The molecule has 0 spiro atoms. The SMILES string of the molecule is CC1CN(c2ccc(/C=C3\CCCN4CC(c5ccc(F)cc5)CON=C34)cc2O)C=N1. The molecular weight excluding hydrogens is 407 g/mol. The van der Waals surface area contributed by atoms with E-state index in [1.165, 1.54) is 12.1 Å². The number of phenols is 1. The van der Waals surface area contributed by atoms with Gasteiger partial charge in [-0.2, -0.15) is 0 Å². The number of nitrogens with zero attached hydrogens (tertiary/aromatic N) is 4. The molecular formula is C25H27FN4O2. The zero-order valence-corrected chi connectivity index (χ0v) is 18.1. The molecule has 3 heterocycles. The molecule has 3 aliphatic rings. The molecule has 6 nitrogen and oxygen atoms in total. The van der Waals surface area contributed by atoms with Gasteiger partial charge in [0.2, 0.25) is 0 Å². The van der Waals surface area contributed by atoms with E-state index in [0.717, 1.165) is 60.7 Å². The summed E-state index contributed by atoms with van der Waals surface area (Å²) < 4.78 is 13.3. The number of aliphatic imine (C=N–C) groups is 1. The Morgan fingerprint density at radius 3 is 2.75 bits per heavy atom. The van der Waals surface area contributed by atoms with E-state index in [1.54, 1.807) is 12.4 Å². The van der Waals surface area contributed by atoms with Gasteiger partial charge < -0.3 is 19.7 Å². The Hall–Kier alpha value is -3.35. The molecule has 7 heteroatoms. The van der Waals surface area contributed by atoms with Gasteiger partial charge in [-0.15, -0.1) is 0 Å². The summed E-state index contributed by atoms with van der Waals surface area (Å²) in [5, 5.41) is 15.0. The molecule has 1 saturated heterocycles. The highest BCUT2D eigenvalue weighted by molar-refractivity contribution is 6.02. The van der Waals surface area contributed by atoms with Crippen molar-refractivity contribution in [2.75, 3.05) is 31.1 Å². The summed E-state index contributed by atoms with van der Waals surface area (Å²) >= 11 is 0. The van der Waals surface area contributed by atoms with Crippen molar-refractivity contribution in [2.24, 2.45) is 10.1 Å². The standard InChI is InChI=1S/C25H27FN4O2/c1-17-13-30(16-27-17)23-9-4-18(12-24(23)31)11-20-3-2-10-29-14-21(15-32-28-25(20)29)19-5-7-22(26)8-6-19/h4-9,11-12,16-17,21,31H,2-3,10,13-15H2,1H3/b20-11+. The third-order valence-electron chi connectivity index (χ3n) is 6.24. The Morgan fingerprint density at radius 2 is 2.00 bits per heavy atom. The second kappa shape index (κ2) is 8.65. The normalized spacial score (nSPS) is 24.2. The zero-order chi connectivity index (χ0) is 22.1. The summed E-state index contributed by atoms with van der Waals surface area (Å²) in [6.07, 6.45) is 5.79. The molecule has 1 fully saturated rings. The highest BCUT2D eigenvalue weighted by atomic mass is 19.1. The van der Waals surface area contributed by atoms with Crippen molar-refractivity contribution in [1.82, 2.24) is 4.90 Å². The van der Waals surface area contributed by atoms with Crippen LogP contribution in [0.2, 0.25) is 0 Å². The number of anilines is 1. The number of benzene rings is 2. The minimum atomic E-state index is -0.232. The van der Waals surface area contributed by atoms with Crippen molar-refractivity contribution in [1.29, 1.82) is 0 Å². The van der Waals surface area contributed by atoms with Crippen LogP contribution in [0, 0.1) is 5.82 Å². The van der Waals surface area contributed by atoms with Crippen LogP contribution in [0.3, 0.4) is 0 Å². The van der Waals surface area contributed by atoms with E-state index >= 15 is 0 Å². The number of phenolic OH excluding ortho intramolecular Hbond substituents is 1. The maximum atomic E-state index is 13.3. The van der Waals surface area contributed by atoms with Crippen LogP contribution in [0.4, 0.5) is 10.1 Å². The average Bonchev–Trinajstić information content (AvgIpc) is 3.08. The molecule has 32 heavy (non-hydrogen) atoms. The molecule has 0 bridgehead atoms. The number of aromatic hydroxyl groups is 1. The Balaban J connectivity index is 1.35. The fourth-order valence-corrected chi connectivity index (χ4v) is 4.56. The Labute approximate surface area is 187 Å². The van der Waals surface area contributed by atoms with Gasteiger partial charge in [-0.1, -0.05) is 23.4 Å². The molecule has 3 aliphatic heterocycles. The van der Waals surface area contributed by atoms with Gasteiger partial charge in [-0.25, -0.2) is 4.39 Å². The highest BCUT2D eigenvalue weighted by Gasteiger charge is 2.28. The number of oxime groups is 1. The molecule has 5 rings (SSSR count). The van der Waals surface area contributed by atoms with Crippen LogP contribution in [0.15, 0.2) is 58.2 Å². The lowest BCUT2D eigenvalue weighted by Crippen LogP contribution is -2.39. The number of halogens is 1. The molecule has 2 atom stereocenters. The molecule has 0 radical (unpaired) electrons. The van der Waals surface area contributed by atoms with Gasteiger partial charge in [-0.3, -0.25) is 4.99 Å². The number of fused-ring (bicyclic) bond motifs is 1. The Morgan fingerprint density at radius 1 is 1.16 bits per heavy atom. The Kier molecular flexibility index (Phi) is 5.55. The second-order valence-corrected chi connectivity index (χ2v) is 8.69. The summed E-state index contributed by atoms with van der Waals surface area (Å²) in [5.41, 5.74) is 3.84. The number of rotatable bonds is 3. The minimum absolute atomic E-state index is 0.129. The summed E-state index contributed by atoms with van der Waals surface area (Å²) in [6, 6.07) is 12.6. The average molecular weight is 435 g/mol. The number of hydrogen-bond acceptors (Lipinski definition) is 6. The summed E-state index contributed by atoms with van der Waals surface area (Å²) in [5.74, 6) is 0.987. The molecule has 2 unspecified atom stereocenters. The van der Waals surface area contributed by atoms with Crippen LogP contribution in [0.1, 0.15) is 36.8 Å². The molecule has 166 valence electrons. The Bertz CT molecular complexity index is 1080. The maximum absolute atomic E-state index is 13.3. The van der Waals surface area contributed by atoms with Gasteiger partial charge in [0, 0.05) is 25.6 Å². The maximum Gasteiger partial charge on any atom is 0.171 e. The molecule has 0 amide bonds. The summed E-state index contributed by atoms with van der Waals surface area (Å²) in [7, 11) is 0. The number of amidine groups is 1. The number of hydrogen-bond donors (Lipinski definition) is 1. The molecule has 0 saturated carbocycles. The van der Waals surface area contributed by atoms with E-state index in [-0.39, 0.29) is 23.5 Å². The van der Waals surface area contributed by atoms with Crippen molar-refractivity contribution >= 4 is 23.9 Å². The zero-order valence-electron chi connectivity index (χ0n) is 18.1. The topological polar surface area (TPSA) is 60.7 Å². The fourth-order valence-electron chi connectivity index (χ4n) is 4.56. The molecule has 2 aromatic carbocycles. The summed E-state index contributed by atoms with van der Waals surface area (Å²) in [4.78, 5) is 14.3. The van der Waals surface area contributed by atoms with Crippen molar-refractivity contribution in [2.45, 2.75) is 31.7 Å². The van der Waals surface area contributed by atoms with Crippen molar-refractivity contribution in [3.63, 3.8) is 0 Å². The lowest BCUT2D eigenvalue weighted by atomic mass is 9.96. The quantitative estimate of drug-likeness (QED) is 0.779. The number of piperidine rings is 1. The van der Waals surface area contributed by atoms with Gasteiger partial charge in [0.15, 0.2) is 5.84 Å². The minimum Gasteiger partial charge on any atom is -0.506 e. The predicted molar refractivity (Wildman–Crippen MR) is 125 cm³/mol. The molecule has 1 N–H and O–H groups in total. The van der Waals surface area contributed by atoms with Crippen LogP contribution in [0.5, 0.6) is 5.75 Å². The van der Waals surface area contributed by atoms with Gasteiger partial charge in [0.05, 0.1) is 18.1 Å². The molecule has 0 aromatic heterocycles. The van der Waals surface area contributed by atoms with Crippen LogP contribution in [0.25, 0.3) is 6.08 Å². The van der Waals surface area contributed by atoms with Crippen molar-refractivity contribution < 1.29 is 14.3 Å². The van der Waals surface area contributed by atoms with Gasteiger partial charge in [0.1, 0.15) is 18.2 Å². The first-order valence-electron chi connectivity index (χ1n) is 11.1. The third-order valence-corrected chi connectivity index (χ3v) is 6.24. The van der Waals surface area contributed by atoms with Crippen LogP contribution in [-0.4, -0.2) is 54.5 Å². The van der Waals surface area contributed by atoms with Crippen molar-refractivity contribution in [3.8, 4) is 5.75 Å². The summed E-state index contributed by atoms with van der Waals surface area (Å²) in [6.45, 7) is 4.97. The first-order valence-corrected chi connectivity index (χ1v) is 11.1. The lowest BCUT2D eigenvalue weighted by Gasteiger charge is -2.32. The monoisotopic (exact) mass is 434 g/mol. The van der Waals surface area contributed by atoms with Gasteiger partial charge in [-0.05, 0) is 66.8 Å². The van der Waals surface area contributed by atoms with Crippen LogP contribution in [-0.2, 0) is 4.84 Å². The van der Waals surface area contributed by atoms with E-state index in [2.05, 4.69) is 28.0 Å². The van der Waals surface area contributed by atoms with Crippen molar-refractivity contribution in [3.05, 3.63) is 65.0 Å². The van der Waals surface area contributed by atoms with E-state index in [1.807, 2.05) is 29.2 Å². The molecule has 2 aromatic rings. The third kappa shape index (κ3) is 4.20. The molecule has 0 aliphatic carbocycles. The van der Waals surface area contributed by atoms with Gasteiger partial charge >= 0.3 is 0 Å². The second-order valence-electron chi connectivity index (χ2n) is 8.69. The van der Waals surface area contributed by atoms with E-state index in [9.17, 15) is 9.50 Å². The lowest BCUT2D eigenvalue weighted by molar-refractivity contribution is 0.135. The first kappa shape index (κ1) is 20.5. The largest absolute Gasteiger partial charge is 0.506 e. The fraction of sp³-hybridized carbons (Fsp3) is 0.360.